The van der Waals surface area contributed by atoms with Crippen molar-refractivity contribution in [3.8, 4) is 0 Å². The number of hydrogen-bond donors (Lipinski definition) is 1. The molecule has 0 spiro atoms. The second-order valence-corrected chi connectivity index (χ2v) is 3.75. The van der Waals surface area contributed by atoms with Crippen molar-refractivity contribution in [2.75, 3.05) is 12.0 Å². The summed E-state index contributed by atoms with van der Waals surface area (Å²) in [7, 11) is 0. The predicted molar refractivity (Wildman–Crippen MR) is 50.6 cm³/mol. The summed E-state index contributed by atoms with van der Waals surface area (Å²) in [6, 6.07) is 0. The molecule has 9 heavy (non-hydrogen) atoms. The second-order valence-electron chi connectivity index (χ2n) is 2.14. The standard InChI is InChI=1S/C7H14S2/c1-6(2)7(8)4-5-9-3/h7-8H,1,4-5H2,2-3H3. The van der Waals surface area contributed by atoms with Gasteiger partial charge in [-0.25, -0.2) is 0 Å². The molecule has 0 aromatic heterocycles. The average Bonchev–Trinajstić information content (AvgIpc) is 1.82. The van der Waals surface area contributed by atoms with E-state index in [1.54, 1.807) is 0 Å². The van der Waals surface area contributed by atoms with Crippen LogP contribution in [-0.4, -0.2) is 17.3 Å². The Kier molecular flexibility index (Phi) is 5.50. The molecule has 2 heteroatoms. The van der Waals surface area contributed by atoms with Crippen molar-refractivity contribution >= 4 is 24.4 Å². The van der Waals surface area contributed by atoms with Gasteiger partial charge in [-0.15, -0.1) is 0 Å². The average molecular weight is 162 g/mol. The highest BCUT2D eigenvalue weighted by molar-refractivity contribution is 7.98. The Morgan fingerprint density at radius 1 is 1.78 bits per heavy atom. The minimum atomic E-state index is 0.400. The van der Waals surface area contributed by atoms with Gasteiger partial charge in [0.1, 0.15) is 0 Å². The van der Waals surface area contributed by atoms with Crippen LogP contribution in [0.4, 0.5) is 0 Å². The minimum Gasteiger partial charge on any atom is -0.171 e. The van der Waals surface area contributed by atoms with Crippen molar-refractivity contribution in [3.63, 3.8) is 0 Å². The fourth-order valence-electron chi connectivity index (χ4n) is 0.476. The van der Waals surface area contributed by atoms with Gasteiger partial charge in [-0.1, -0.05) is 12.2 Å². The van der Waals surface area contributed by atoms with Gasteiger partial charge >= 0.3 is 0 Å². The summed E-state index contributed by atoms with van der Waals surface area (Å²) in [5.74, 6) is 1.18. The van der Waals surface area contributed by atoms with Crippen molar-refractivity contribution in [2.45, 2.75) is 18.6 Å². The monoisotopic (exact) mass is 162 g/mol. The summed E-state index contributed by atoms with van der Waals surface area (Å²) in [4.78, 5) is 0. The SMILES string of the molecule is C=C(C)C(S)CCSC. The molecule has 0 amide bonds. The van der Waals surface area contributed by atoms with Crippen LogP contribution in [0.15, 0.2) is 12.2 Å². The largest absolute Gasteiger partial charge is 0.171 e. The van der Waals surface area contributed by atoms with Gasteiger partial charge < -0.3 is 0 Å². The molecule has 0 aliphatic heterocycles. The summed E-state index contributed by atoms with van der Waals surface area (Å²) in [5, 5.41) is 0.400. The van der Waals surface area contributed by atoms with E-state index in [0.717, 1.165) is 6.42 Å². The molecule has 0 bridgehead atoms. The van der Waals surface area contributed by atoms with E-state index < -0.39 is 0 Å². The summed E-state index contributed by atoms with van der Waals surface area (Å²) >= 11 is 6.20. The molecule has 0 saturated carbocycles. The molecule has 0 nitrogen and oxygen atoms in total. The van der Waals surface area contributed by atoms with E-state index in [0.29, 0.717) is 5.25 Å². The van der Waals surface area contributed by atoms with Crippen LogP contribution in [0.3, 0.4) is 0 Å². The molecule has 0 radical (unpaired) electrons. The lowest BCUT2D eigenvalue weighted by Gasteiger charge is -2.07. The zero-order valence-electron chi connectivity index (χ0n) is 6.05. The summed E-state index contributed by atoms with van der Waals surface area (Å²) in [6.07, 6.45) is 3.25. The first-order chi connectivity index (χ1) is 4.18. The molecule has 0 saturated heterocycles. The van der Waals surface area contributed by atoms with Gasteiger partial charge in [0.15, 0.2) is 0 Å². The summed E-state index contributed by atoms with van der Waals surface area (Å²) < 4.78 is 0. The van der Waals surface area contributed by atoms with E-state index in [2.05, 4.69) is 25.5 Å². The molecule has 0 fully saturated rings. The maximum absolute atomic E-state index is 4.35. The first kappa shape index (κ1) is 9.44. The van der Waals surface area contributed by atoms with Crippen LogP contribution in [0.25, 0.3) is 0 Å². The van der Waals surface area contributed by atoms with Gasteiger partial charge in [0.25, 0.3) is 0 Å². The Hall–Kier alpha value is 0.440. The lowest BCUT2D eigenvalue weighted by Crippen LogP contribution is -2.00. The number of thiol groups is 1. The normalized spacial score (nSPS) is 13.2. The van der Waals surface area contributed by atoms with Gasteiger partial charge in [0, 0.05) is 5.25 Å². The Morgan fingerprint density at radius 2 is 2.33 bits per heavy atom. The topological polar surface area (TPSA) is 0 Å². The fraction of sp³-hybridized carbons (Fsp3) is 0.714. The number of hydrogen-bond acceptors (Lipinski definition) is 2. The van der Waals surface area contributed by atoms with Crippen LogP contribution >= 0.6 is 24.4 Å². The van der Waals surface area contributed by atoms with Gasteiger partial charge in [-0.3, -0.25) is 0 Å². The van der Waals surface area contributed by atoms with Crippen molar-refractivity contribution in [2.24, 2.45) is 0 Å². The highest BCUT2D eigenvalue weighted by Crippen LogP contribution is 2.12. The fourth-order valence-corrected chi connectivity index (χ4v) is 1.25. The molecule has 0 heterocycles. The van der Waals surface area contributed by atoms with Crippen LogP contribution in [0.1, 0.15) is 13.3 Å². The first-order valence-corrected chi connectivity index (χ1v) is 4.92. The smallest absolute Gasteiger partial charge is 0.0228 e. The van der Waals surface area contributed by atoms with Crippen LogP contribution < -0.4 is 0 Å². The zero-order chi connectivity index (χ0) is 7.28. The third-order valence-electron chi connectivity index (χ3n) is 1.16. The highest BCUT2D eigenvalue weighted by Gasteiger charge is 2.00. The Morgan fingerprint density at radius 3 is 2.67 bits per heavy atom. The zero-order valence-corrected chi connectivity index (χ0v) is 7.77. The Balaban J connectivity index is 3.27. The minimum absolute atomic E-state index is 0.400. The third kappa shape index (κ3) is 4.91. The molecule has 1 unspecified atom stereocenters. The molecule has 0 aromatic carbocycles. The summed E-state index contributed by atoms with van der Waals surface area (Å²) in [6.45, 7) is 5.85. The van der Waals surface area contributed by atoms with Crippen LogP contribution in [0.2, 0.25) is 0 Å². The highest BCUT2D eigenvalue weighted by atomic mass is 32.2. The molecule has 1 atom stereocenters. The Labute approximate surface area is 67.5 Å². The van der Waals surface area contributed by atoms with Crippen molar-refractivity contribution in [3.05, 3.63) is 12.2 Å². The molecular formula is C7H14S2. The Bertz CT molecular complexity index is 88.9. The number of rotatable bonds is 4. The molecule has 0 N–H and O–H groups in total. The van der Waals surface area contributed by atoms with Crippen LogP contribution in [0.5, 0.6) is 0 Å². The molecular weight excluding hydrogens is 148 g/mol. The van der Waals surface area contributed by atoms with Gasteiger partial charge in [0.2, 0.25) is 0 Å². The third-order valence-corrected chi connectivity index (χ3v) is 2.51. The van der Waals surface area contributed by atoms with Gasteiger partial charge in [-0.05, 0) is 25.4 Å². The maximum Gasteiger partial charge on any atom is 0.0228 e. The van der Waals surface area contributed by atoms with E-state index in [4.69, 9.17) is 0 Å². The van der Waals surface area contributed by atoms with E-state index >= 15 is 0 Å². The molecule has 0 aliphatic carbocycles. The molecule has 0 rings (SSSR count). The van der Waals surface area contributed by atoms with Gasteiger partial charge in [-0.2, -0.15) is 24.4 Å². The quantitative estimate of drug-likeness (QED) is 0.490. The van der Waals surface area contributed by atoms with Crippen molar-refractivity contribution in [1.82, 2.24) is 0 Å². The van der Waals surface area contributed by atoms with Gasteiger partial charge in [0.05, 0.1) is 0 Å². The van der Waals surface area contributed by atoms with Crippen LogP contribution in [-0.2, 0) is 0 Å². The lowest BCUT2D eigenvalue weighted by molar-refractivity contribution is 0.948. The predicted octanol–water partition coefficient (Wildman–Crippen LogP) is 2.61. The van der Waals surface area contributed by atoms with E-state index in [-0.39, 0.29) is 0 Å². The molecule has 0 aromatic rings. The lowest BCUT2D eigenvalue weighted by atomic mass is 10.2. The maximum atomic E-state index is 4.35. The summed E-state index contributed by atoms with van der Waals surface area (Å²) in [5.41, 5.74) is 1.17. The van der Waals surface area contributed by atoms with E-state index in [1.807, 2.05) is 18.7 Å². The number of thioether (sulfide) groups is 1. The van der Waals surface area contributed by atoms with E-state index in [9.17, 15) is 0 Å². The first-order valence-electron chi connectivity index (χ1n) is 3.01. The van der Waals surface area contributed by atoms with Crippen molar-refractivity contribution in [1.29, 1.82) is 0 Å². The second kappa shape index (κ2) is 5.24. The van der Waals surface area contributed by atoms with E-state index in [1.165, 1.54) is 11.3 Å². The molecule has 0 aliphatic rings. The molecule has 54 valence electrons. The van der Waals surface area contributed by atoms with Crippen LogP contribution in [0, 0.1) is 0 Å². The van der Waals surface area contributed by atoms with Crippen molar-refractivity contribution < 1.29 is 0 Å².